The zero-order valence-electron chi connectivity index (χ0n) is 16.1. The van der Waals surface area contributed by atoms with Crippen LogP contribution in [0.3, 0.4) is 0 Å². The summed E-state index contributed by atoms with van der Waals surface area (Å²) in [4.78, 5) is 25.2. The number of hydrogen-bond acceptors (Lipinski definition) is 4. The maximum atomic E-state index is 12.9. The van der Waals surface area contributed by atoms with Crippen LogP contribution in [0.25, 0.3) is 0 Å². The number of sulfonamides is 1. The molecule has 0 bridgehead atoms. The van der Waals surface area contributed by atoms with E-state index in [0.29, 0.717) is 37.4 Å². The molecule has 0 atom stereocenters. The first kappa shape index (κ1) is 21.4. The number of piperidine rings is 1. The van der Waals surface area contributed by atoms with Crippen molar-refractivity contribution in [2.75, 3.05) is 26.2 Å². The third-order valence-electron chi connectivity index (χ3n) is 5.04. The number of nitrogens with zero attached hydrogens (tertiary/aromatic N) is 2. The Labute approximate surface area is 161 Å². The van der Waals surface area contributed by atoms with Crippen LogP contribution in [0.1, 0.15) is 37.3 Å². The van der Waals surface area contributed by atoms with Gasteiger partial charge >= 0.3 is 5.97 Å². The summed E-state index contributed by atoms with van der Waals surface area (Å²) < 4.78 is 27.3. The highest BCUT2D eigenvalue weighted by Gasteiger charge is 2.34. The second-order valence-electron chi connectivity index (χ2n) is 7.01. The van der Waals surface area contributed by atoms with Crippen molar-refractivity contribution >= 4 is 21.9 Å². The van der Waals surface area contributed by atoms with E-state index in [1.807, 2.05) is 19.9 Å². The Bertz CT molecular complexity index is 798. The molecular formula is C19H28N2O5S. The second kappa shape index (κ2) is 8.84. The number of hydrogen-bond donors (Lipinski definition) is 1. The minimum atomic E-state index is -3.58. The topological polar surface area (TPSA) is 95.0 Å². The lowest BCUT2D eigenvalue weighted by molar-refractivity contribution is -0.140. The van der Waals surface area contributed by atoms with Gasteiger partial charge in [-0.15, -0.1) is 0 Å². The molecule has 0 aromatic heterocycles. The van der Waals surface area contributed by atoms with Crippen molar-refractivity contribution in [2.45, 2.75) is 44.9 Å². The third-order valence-corrected chi connectivity index (χ3v) is 7.10. The van der Waals surface area contributed by atoms with Crippen molar-refractivity contribution in [3.8, 4) is 0 Å². The molecule has 0 radical (unpaired) electrons. The van der Waals surface area contributed by atoms with Crippen molar-refractivity contribution in [1.82, 2.24) is 9.21 Å². The molecule has 1 amide bonds. The summed E-state index contributed by atoms with van der Waals surface area (Å²) in [7, 11) is -3.58. The standard InChI is InChI=1S/C19H28N2O5S/c1-4-20(10-9-18(22)23)19(24)16-7-11-21(12-8-16)27(25,26)17-6-5-14(2)13-15(17)3/h5-6,13,16H,4,7-12H2,1-3H3,(H,22,23). The third kappa shape index (κ3) is 5.07. The lowest BCUT2D eigenvalue weighted by Crippen LogP contribution is -2.44. The average Bonchev–Trinajstić information content (AvgIpc) is 2.61. The molecule has 1 heterocycles. The van der Waals surface area contributed by atoms with Crippen molar-refractivity contribution in [1.29, 1.82) is 0 Å². The van der Waals surface area contributed by atoms with E-state index >= 15 is 0 Å². The summed E-state index contributed by atoms with van der Waals surface area (Å²) in [5, 5.41) is 8.81. The molecule has 1 saturated heterocycles. The van der Waals surface area contributed by atoms with Crippen molar-refractivity contribution < 1.29 is 23.1 Å². The van der Waals surface area contributed by atoms with Crippen LogP contribution in [0.15, 0.2) is 23.1 Å². The van der Waals surface area contributed by atoms with Crippen molar-refractivity contribution in [3.05, 3.63) is 29.3 Å². The Morgan fingerprint density at radius 1 is 1.22 bits per heavy atom. The van der Waals surface area contributed by atoms with Crippen LogP contribution in [0, 0.1) is 19.8 Å². The largest absolute Gasteiger partial charge is 0.481 e. The van der Waals surface area contributed by atoms with Gasteiger partial charge in [0.1, 0.15) is 0 Å². The van der Waals surface area contributed by atoms with Crippen LogP contribution in [0.4, 0.5) is 0 Å². The smallest absolute Gasteiger partial charge is 0.305 e. The molecule has 1 N–H and O–H groups in total. The SMILES string of the molecule is CCN(CCC(=O)O)C(=O)C1CCN(S(=O)(=O)c2ccc(C)cc2C)CC1. The molecule has 8 heteroatoms. The summed E-state index contributed by atoms with van der Waals surface area (Å²) in [6, 6.07) is 5.28. The van der Waals surface area contributed by atoms with Crippen LogP contribution in [0.2, 0.25) is 0 Å². The van der Waals surface area contributed by atoms with E-state index in [1.54, 1.807) is 24.0 Å². The summed E-state index contributed by atoms with van der Waals surface area (Å²) in [5.74, 6) is -1.28. The number of carbonyl (C=O) groups is 2. The van der Waals surface area contributed by atoms with E-state index < -0.39 is 16.0 Å². The lowest BCUT2D eigenvalue weighted by Gasteiger charge is -2.33. The number of carboxylic acids is 1. The maximum Gasteiger partial charge on any atom is 0.305 e. The molecule has 1 fully saturated rings. The predicted octanol–water partition coefficient (Wildman–Crippen LogP) is 2.03. The first-order valence-corrected chi connectivity index (χ1v) is 10.7. The number of benzene rings is 1. The Morgan fingerprint density at radius 3 is 2.37 bits per heavy atom. The van der Waals surface area contributed by atoms with Gasteiger partial charge in [0.25, 0.3) is 0 Å². The molecule has 150 valence electrons. The summed E-state index contributed by atoms with van der Waals surface area (Å²) >= 11 is 0. The monoisotopic (exact) mass is 396 g/mol. The molecular weight excluding hydrogens is 368 g/mol. The van der Waals surface area contributed by atoms with Gasteiger partial charge in [0.2, 0.25) is 15.9 Å². The number of rotatable bonds is 7. The Kier molecular flexibility index (Phi) is 7.00. The fourth-order valence-corrected chi connectivity index (χ4v) is 5.16. The lowest BCUT2D eigenvalue weighted by atomic mass is 9.96. The molecule has 1 aliphatic heterocycles. The molecule has 2 rings (SSSR count). The van der Waals surface area contributed by atoms with E-state index in [0.717, 1.165) is 11.1 Å². The molecule has 0 unspecified atom stereocenters. The normalized spacial score (nSPS) is 16.3. The van der Waals surface area contributed by atoms with Crippen molar-refractivity contribution in [3.63, 3.8) is 0 Å². The average molecular weight is 397 g/mol. The van der Waals surface area contributed by atoms with Gasteiger partial charge in [-0.25, -0.2) is 8.42 Å². The molecule has 0 saturated carbocycles. The minimum Gasteiger partial charge on any atom is -0.481 e. The van der Waals surface area contributed by atoms with Crippen molar-refractivity contribution in [2.24, 2.45) is 5.92 Å². The molecule has 27 heavy (non-hydrogen) atoms. The molecule has 1 aromatic rings. The molecule has 0 spiro atoms. The summed E-state index contributed by atoms with van der Waals surface area (Å²) in [5.41, 5.74) is 1.73. The summed E-state index contributed by atoms with van der Waals surface area (Å²) in [6.07, 6.45) is 0.818. The van der Waals surface area contributed by atoms with Gasteiger partial charge in [0.15, 0.2) is 0 Å². The van der Waals surface area contributed by atoms with Crippen LogP contribution in [0.5, 0.6) is 0 Å². The fraction of sp³-hybridized carbons (Fsp3) is 0.579. The zero-order valence-corrected chi connectivity index (χ0v) is 17.0. The summed E-state index contributed by atoms with van der Waals surface area (Å²) in [6.45, 7) is 6.76. The predicted molar refractivity (Wildman–Crippen MR) is 102 cm³/mol. The van der Waals surface area contributed by atoms with E-state index in [2.05, 4.69) is 0 Å². The highest BCUT2D eigenvalue weighted by atomic mass is 32.2. The van der Waals surface area contributed by atoms with E-state index in [4.69, 9.17) is 5.11 Å². The van der Waals surface area contributed by atoms with E-state index in [-0.39, 0.29) is 24.8 Å². The molecule has 1 aliphatic rings. The number of carbonyl (C=O) groups excluding carboxylic acids is 1. The number of amides is 1. The van der Waals surface area contributed by atoms with Gasteiger partial charge in [0.05, 0.1) is 11.3 Å². The Morgan fingerprint density at radius 2 is 1.85 bits per heavy atom. The zero-order chi connectivity index (χ0) is 20.2. The maximum absolute atomic E-state index is 12.9. The van der Waals surface area contributed by atoms with Gasteiger partial charge in [-0.2, -0.15) is 4.31 Å². The first-order chi connectivity index (χ1) is 12.7. The van der Waals surface area contributed by atoms with Crippen LogP contribution in [-0.4, -0.2) is 60.8 Å². The van der Waals surface area contributed by atoms with E-state index in [1.165, 1.54) is 4.31 Å². The van der Waals surface area contributed by atoms with Gasteiger partial charge in [0, 0.05) is 32.1 Å². The van der Waals surface area contributed by atoms with Crippen LogP contribution >= 0.6 is 0 Å². The van der Waals surface area contributed by atoms with Gasteiger partial charge in [-0.1, -0.05) is 17.7 Å². The van der Waals surface area contributed by atoms with Crippen LogP contribution in [-0.2, 0) is 19.6 Å². The highest BCUT2D eigenvalue weighted by Crippen LogP contribution is 2.27. The number of aliphatic carboxylic acids is 1. The molecule has 1 aromatic carbocycles. The Balaban J connectivity index is 2.03. The van der Waals surface area contributed by atoms with Gasteiger partial charge in [-0.05, 0) is 45.2 Å². The molecule has 0 aliphatic carbocycles. The number of carboxylic acid groups (broad SMARTS) is 1. The Hall–Kier alpha value is -1.93. The van der Waals surface area contributed by atoms with E-state index in [9.17, 15) is 18.0 Å². The first-order valence-electron chi connectivity index (χ1n) is 9.24. The molecule has 7 nitrogen and oxygen atoms in total. The van der Waals surface area contributed by atoms with Gasteiger partial charge in [-0.3, -0.25) is 9.59 Å². The highest BCUT2D eigenvalue weighted by molar-refractivity contribution is 7.89. The minimum absolute atomic E-state index is 0.0812. The van der Waals surface area contributed by atoms with Crippen LogP contribution < -0.4 is 0 Å². The quantitative estimate of drug-likeness (QED) is 0.761. The fourth-order valence-electron chi connectivity index (χ4n) is 3.48. The van der Waals surface area contributed by atoms with Gasteiger partial charge < -0.3 is 10.0 Å². The second-order valence-corrected chi connectivity index (χ2v) is 8.92. The number of aryl methyl sites for hydroxylation is 2.